The maximum atomic E-state index is 14.1. The highest BCUT2D eigenvalue weighted by Gasteiger charge is 2.51. The summed E-state index contributed by atoms with van der Waals surface area (Å²) in [6.45, 7) is 13.0. The van der Waals surface area contributed by atoms with Crippen LogP contribution in [0.1, 0.15) is 79.0 Å². The van der Waals surface area contributed by atoms with Gasteiger partial charge in [0.25, 0.3) is 0 Å². The van der Waals surface area contributed by atoms with Gasteiger partial charge in [0.1, 0.15) is 17.2 Å². The quantitative estimate of drug-likeness (QED) is 0.105. The molecule has 1 amide bonds. The number of pyridine rings is 1. The number of fused-ring (bicyclic) bond motifs is 3. The Hall–Kier alpha value is -3.86. The molecule has 2 saturated heterocycles. The molecular formula is C39H49N6O3S+. The van der Waals surface area contributed by atoms with Crippen LogP contribution in [0.15, 0.2) is 53.8 Å². The van der Waals surface area contributed by atoms with Crippen molar-refractivity contribution in [3.8, 4) is 11.3 Å². The molecule has 258 valence electrons. The molecule has 10 heteroatoms. The lowest BCUT2D eigenvalue weighted by molar-refractivity contribution is -0.754. The fourth-order valence-electron chi connectivity index (χ4n) is 8.89. The van der Waals surface area contributed by atoms with E-state index in [-0.39, 0.29) is 34.3 Å². The number of piperidine rings is 1. The predicted molar refractivity (Wildman–Crippen MR) is 196 cm³/mol. The van der Waals surface area contributed by atoms with Gasteiger partial charge in [0.2, 0.25) is 0 Å². The zero-order valence-electron chi connectivity index (χ0n) is 29.5. The number of carbonyl (C=O) groups excluding carboxylic acids is 2. The number of thiophene rings is 1. The topological polar surface area (TPSA) is 122 Å². The number of guanidine groups is 1. The number of likely N-dealkylation sites (tertiary alicyclic amines) is 1. The number of aromatic amines is 1. The van der Waals surface area contributed by atoms with Crippen LogP contribution in [-0.4, -0.2) is 71.6 Å². The lowest BCUT2D eigenvalue weighted by Crippen LogP contribution is -2.59. The molecule has 1 aromatic carbocycles. The molecule has 5 heterocycles. The van der Waals surface area contributed by atoms with Crippen molar-refractivity contribution >= 4 is 39.4 Å². The minimum Gasteiger partial charge on any atom is -0.423 e. The number of aryl methyl sites for hydroxylation is 2. The van der Waals surface area contributed by atoms with E-state index in [1.54, 1.807) is 23.7 Å². The van der Waals surface area contributed by atoms with Gasteiger partial charge >= 0.3 is 12.1 Å². The maximum absolute atomic E-state index is 14.1. The molecule has 5 unspecified atom stereocenters. The molecule has 2 bridgehead atoms. The summed E-state index contributed by atoms with van der Waals surface area (Å²) in [6, 6.07) is 13.2. The Balaban J connectivity index is 1.24. The van der Waals surface area contributed by atoms with Crippen LogP contribution in [0.4, 0.5) is 4.79 Å². The summed E-state index contributed by atoms with van der Waals surface area (Å²) in [5, 5.41) is 4.70. The molecule has 3 aliphatic rings. The summed E-state index contributed by atoms with van der Waals surface area (Å²) in [5.74, 6) is 1.29. The molecule has 0 radical (unpaired) electrons. The van der Waals surface area contributed by atoms with Gasteiger partial charge in [0, 0.05) is 52.9 Å². The van der Waals surface area contributed by atoms with Gasteiger partial charge < -0.3 is 20.8 Å². The number of nitrogens with zero attached hydrogens (tertiary/aromatic N) is 3. The largest absolute Gasteiger partial charge is 0.523 e. The predicted octanol–water partition coefficient (Wildman–Crippen LogP) is 6.94. The van der Waals surface area contributed by atoms with Gasteiger partial charge in [-0.3, -0.25) is 9.78 Å². The third-order valence-corrected chi connectivity index (χ3v) is 12.9. The van der Waals surface area contributed by atoms with E-state index in [1.165, 1.54) is 18.2 Å². The first-order valence-corrected chi connectivity index (χ1v) is 18.4. The van der Waals surface area contributed by atoms with Gasteiger partial charge in [-0.05, 0) is 100 Å². The number of aliphatic imine (C=N–C) groups is 1. The van der Waals surface area contributed by atoms with Crippen molar-refractivity contribution in [3.05, 3.63) is 75.9 Å². The molecule has 49 heavy (non-hydrogen) atoms. The fourth-order valence-corrected chi connectivity index (χ4v) is 10.1. The van der Waals surface area contributed by atoms with E-state index in [9.17, 15) is 9.59 Å². The Morgan fingerprint density at radius 1 is 1.12 bits per heavy atom. The van der Waals surface area contributed by atoms with Crippen molar-refractivity contribution in [2.45, 2.75) is 77.2 Å². The Bertz CT molecular complexity index is 1890. The summed E-state index contributed by atoms with van der Waals surface area (Å²) in [4.78, 5) is 42.5. The lowest BCUT2D eigenvalue weighted by Gasteiger charge is -2.28. The second-order valence-electron chi connectivity index (χ2n) is 15.2. The number of quaternary nitrogens is 1. The summed E-state index contributed by atoms with van der Waals surface area (Å²) < 4.78 is 5.20. The van der Waals surface area contributed by atoms with E-state index in [0.29, 0.717) is 37.4 Å². The fraction of sp³-hybridized carbons (Fsp3) is 0.487. The zero-order valence-corrected chi connectivity index (χ0v) is 30.3. The first kappa shape index (κ1) is 33.6. The Kier molecular flexibility index (Phi) is 8.78. The smallest absolute Gasteiger partial charge is 0.423 e. The van der Waals surface area contributed by atoms with E-state index in [2.05, 4.69) is 74.2 Å². The lowest BCUT2D eigenvalue weighted by atomic mass is 9.76. The highest BCUT2D eigenvalue weighted by molar-refractivity contribution is 7.19. The molecule has 9 nitrogen and oxygen atoms in total. The molecule has 7 rings (SSSR count). The number of nitrogens with one attached hydrogen (secondary N) is 2. The van der Waals surface area contributed by atoms with Crippen molar-refractivity contribution in [3.63, 3.8) is 0 Å². The molecule has 0 spiro atoms. The van der Waals surface area contributed by atoms with E-state index in [4.69, 9.17) is 15.5 Å². The van der Waals surface area contributed by atoms with Crippen LogP contribution < -0.4 is 11.1 Å². The summed E-state index contributed by atoms with van der Waals surface area (Å²) >= 11 is 1.69. The number of amides is 1. The van der Waals surface area contributed by atoms with E-state index < -0.39 is 5.41 Å². The molecule has 4 aromatic rings. The molecule has 3 aromatic heterocycles. The summed E-state index contributed by atoms with van der Waals surface area (Å²) in [7, 11) is 1.42. The van der Waals surface area contributed by atoms with Crippen molar-refractivity contribution in [2.24, 2.45) is 22.6 Å². The monoisotopic (exact) mass is 681 g/mol. The molecule has 2 aliphatic heterocycles. The second-order valence-corrected chi connectivity index (χ2v) is 16.3. The van der Waals surface area contributed by atoms with E-state index in [1.807, 2.05) is 12.1 Å². The van der Waals surface area contributed by atoms with Crippen LogP contribution >= 0.6 is 11.3 Å². The number of carbonyl (C=O) groups is 2. The maximum Gasteiger partial charge on any atom is 0.523 e. The molecule has 4 N–H and O–H groups in total. The minimum atomic E-state index is -0.594. The molecule has 1 aliphatic carbocycles. The summed E-state index contributed by atoms with van der Waals surface area (Å²) in [6.07, 6.45) is 6.21. The molecular weight excluding hydrogens is 633 g/mol. The van der Waals surface area contributed by atoms with Crippen LogP contribution in [0.25, 0.3) is 21.5 Å². The number of rotatable bonds is 8. The average Bonchev–Trinajstić information content (AvgIpc) is 3.92. The van der Waals surface area contributed by atoms with Crippen molar-refractivity contribution in [1.29, 1.82) is 0 Å². The Morgan fingerprint density at radius 2 is 1.86 bits per heavy atom. The third-order valence-electron chi connectivity index (χ3n) is 11.6. The highest BCUT2D eigenvalue weighted by Crippen LogP contribution is 2.47. The van der Waals surface area contributed by atoms with Crippen LogP contribution in [0.2, 0.25) is 0 Å². The number of benzene rings is 1. The van der Waals surface area contributed by atoms with Crippen LogP contribution in [0.5, 0.6) is 0 Å². The number of nitrogens with two attached hydrogens (primary N) is 1. The SMILES string of the molecule is COC(=O)[N+]1(C(N)=NC[C@@H](C)c2c(-c3cc(C)cc(C)c3)[nH]c3sc(C(C)(C)C(=O)C4C5CCC4NC5)cc23)CCC(c2ccncc2)C1. The molecule has 6 atom stereocenters. The number of H-pyrrole nitrogens is 1. The van der Waals surface area contributed by atoms with Crippen molar-refractivity contribution in [1.82, 2.24) is 15.3 Å². The number of Topliss-reactive ketones (excluding diaryl/α,β-unsaturated/α-hetero) is 1. The first-order chi connectivity index (χ1) is 23.4. The van der Waals surface area contributed by atoms with Gasteiger partial charge in [0.05, 0.1) is 31.3 Å². The standard InChI is InChI=1S/C39H49N6O3S/c1-22-15-23(2)17-28(16-22)34-32(29-18-31(49-36(29)44-34)39(4,5)35(46)33-26-7-8-30(33)42-20-26)24(3)19-43-37(40)45(38(47)48-6)14-11-27(21-45)25-9-12-41-13-10-25/h9-10,12-13,15-18,24,26-27,30,33,42,44H,7-8,11,14,19-21H2,1-6H3,(H2,40,43)/q+1/t24-,26?,27?,30?,33?,45?/m1/s1. The normalized spacial score (nSPS) is 26.0. The number of methoxy groups -OCH3 is 1. The van der Waals surface area contributed by atoms with Gasteiger partial charge in [-0.25, -0.2) is 4.99 Å². The van der Waals surface area contributed by atoms with Crippen LogP contribution in [0.3, 0.4) is 0 Å². The van der Waals surface area contributed by atoms with Crippen LogP contribution in [0, 0.1) is 25.7 Å². The third kappa shape index (κ3) is 5.81. The van der Waals surface area contributed by atoms with Crippen LogP contribution in [-0.2, 0) is 14.9 Å². The van der Waals surface area contributed by atoms with Gasteiger partial charge in [-0.1, -0.05) is 24.1 Å². The van der Waals surface area contributed by atoms with Gasteiger partial charge in [-0.2, -0.15) is 9.28 Å². The van der Waals surface area contributed by atoms with E-state index in [0.717, 1.165) is 63.3 Å². The first-order valence-electron chi connectivity index (χ1n) is 17.6. The summed E-state index contributed by atoms with van der Waals surface area (Å²) in [5.41, 5.74) is 13.1. The molecule has 3 fully saturated rings. The number of aromatic nitrogens is 2. The second kappa shape index (κ2) is 12.8. The molecule has 1 saturated carbocycles. The van der Waals surface area contributed by atoms with Gasteiger partial charge in [-0.15, -0.1) is 11.3 Å². The number of hydrogen-bond donors (Lipinski definition) is 3. The van der Waals surface area contributed by atoms with Crippen molar-refractivity contribution in [2.75, 3.05) is 33.3 Å². The average molecular weight is 682 g/mol. The Morgan fingerprint density at radius 3 is 2.49 bits per heavy atom. The highest BCUT2D eigenvalue weighted by atomic mass is 32.1. The Labute approximate surface area is 292 Å². The number of ketones is 1. The van der Waals surface area contributed by atoms with Gasteiger partial charge in [0.15, 0.2) is 0 Å². The number of hydrogen-bond acceptors (Lipinski definition) is 7. The number of ether oxygens (including phenoxy) is 1. The van der Waals surface area contributed by atoms with E-state index >= 15 is 0 Å². The minimum absolute atomic E-state index is 0.0319. The zero-order chi connectivity index (χ0) is 34.7. The van der Waals surface area contributed by atoms with Crippen molar-refractivity contribution < 1.29 is 18.8 Å².